The molecule has 0 radical (unpaired) electrons. The van der Waals surface area contributed by atoms with Crippen LogP contribution in [0.1, 0.15) is 33.6 Å². The fourth-order valence-electron chi connectivity index (χ4n) is 5.10. The summed E-state index contributed by atoms with van der Waals surface area (Å²) in [4.78, 5) is 9.58. The van der Waals surface area contributed by atoms with Crippen LogP contribution in [0.5, 0.6) is 0 Å². The Hall–Kier alpha value is -4.04. The molecule has 0 amide bonds. The first-order valence-corrected chi connectivity index (χ1v) is 11.1. The van der Waals surface area contributed by atoms with Crippen LogP contribution in [0.15, 0.2) is 84.9 Å². The Morgan fingerprint density at radius 1 is 0.531 bits per heavy atom. The van der Waals surface area contributed by atoms with Gasteiger partial charge in [-0.2, -0.15) is 0 Å². The first kappa shape index (κ1) is 17.6. The molecule has 0 fully saturated rings. The Labute approximate surface area is 186 Å². The predicted molar refractivity (Wildman–Crippen MR) is 133 cm³/mol. The van der Waals surface area contributed by atoms with Crippen molar-refractivity contribution in [3.05, 3.63) is 119 Å². The highest BCUT2D eigenvalue weighted by molar-refractivity contribution is 6.00. The second-order valence-corrected chi connectivity index (χ2v) is 8.72. The zero-order valence-corrected chi connectivity index (χ0v) is 17.5. The average molecular weight is 409 g/mol. The molecule has 0 atom stereocenters. The quantitative estimate of drug-likeness (QED) is 0.315. The van der Waals surface area contributed by atoms with Crippen LogP contribution in [-0.2, 0) is 12.8 Å². The van der Waals surface area contributed by atoms with Crippen LogP contribution in [0.3, 0.4) is 0 Å². The number of hydrogen-bond donors (Lipinski definition) is 0. The highest BCUT2D eigenvalue weighted by Crippen LogP contribution is 2.36. The SMILES string of the molecule is C(=C1Cc2cc1c1ccccc1n2)c1ccc(/C=C2\Cc3cc2c2ccccc2n3)cc1. The molecule has 3 aromatic carbocycles. The van der Waals surface area contributed by atoms with E-state index in [0.717, 1.165) is 35.3 Å². The molecule has 7 rings (SSSR count). The largest absolute Gasteiger partial charge is 0.252 e. The smallest absolute Gasteiger partial charge is 0.0711 e. The van der Waals surface area contributed by atoms with Crippen molar-refractivity contribution in [3.63, 3.8) is 0 Å². The second-order valence-electron chi connectivity index (χ2n) is 8.72. The van der Waals surface area contributed by atoms with E-state index in [1.54, 1.807) is 0 Å². The third-order valence-electron chi connectivity index (χ3n) is 6.59. The van der Waals surface area contributed by atoms with Gasteiger partial charge in [-0.3, -0.25) is 9.97 Å². The maximum absolute atomic E-state index is 4.79. The minimum Gasteiger partial charge on any atom is -0.252 e. The van der Waals surface area contributed by atoms with Gasteiger partial charge < -0.3 is 0 Å². The van der Waals surface area contributed by atoms with Crippen molar-refractivity contribution in [2.45, 2.75) is 12.8 Å². The summed E-state index contributed by atoms with van der Waals surface area (Å²) >= 11 is 0. The van der Waals surface area contributed by atoms with Crippen molar-refractivity contribution < 1.29 is 0 Å². The van der Waals surface area contributed by atoms with Gasteiger partial charge in [-0.15, -0.1) is 0 Å². The van der Waals surface area contributed by atoms with Gasteiger partial charge >= 0.3 is 0 Å². The van der Waals surface area contributed by atoms with Gasteiger partial charge in [0.2, 0.25) is 0 Å². The average Bonchev–Trinajstić information content (AvgIpc) is 3.32. The van der Waals surface area contributed by atoms with E-state index in [2.05, 4.69) is 97.1 Å². The molecular formula is C30H20N2. The Bertz CT molecular complexity index is 1480. The number of allylic oxidation sites excluding steroid dienone is 2. The van der Waals surface area contributed by atoms with Crippen molar-refractivity contribution in [3.8, 4) is 0 Å². The van der Waals surface area contributed by atoms with E-state index in [0.29, 0.717) is 0 Å². The molecule has 0 saturated heterocycles. The normalized spacial score (nSPS) is 16.6. The van der Waals surface area contributed by atoms with Gasteiger partial charge in [0.1, 0.15) is 0 Å². The van der Waals surface area contributed by atoms with Crippen LogP contribution < -0.4 is 0 Å². The van der Waals surface area contributed by atoms with Gasteiger partial charge in [0, 0.05) is 35.0 Å². The third-order valence-corrected chi connectivity index (χ3v) is 6.59. The van der Waals surface area contributed by atoms with Crippen LogP contribution in [0, 0.1) is 0 Å². The molecule has 2 nitrogen and oxygen atoms in total. The van der Waals surface area contributed by atoms with E-state index in [1.165, 1.54) is 44.2 Å². The molecule has 2 heteroatoms. The lowest BCUT2D eigenvalue weighted by Crippen LogP contribution is -1.83. The maximum atomic E-state index is 4.79. The molecule has 32 heavy (non-hydrogen) atoms. The molecule has 0 saturated carbocycles. The minimum atomic E-state index is 0.908. The summed E-state index contributed by atoms with van der Waals surface area (Å²) in [7, 11) is 0. The summed E-state index contributed by atoms with van der Waals surface area (Å²) in [6, 6.07) is 30.2. The molecule has 0 unspecified atom stereocenters. The van der Waals surface area contributed by atoms with Crippen molar-refractivity contribution in [1.29, 1.82) is 0 Å². The number of rotatable bonds is 2. The molecule has 2 aliphatic carbocycles. The van der Waals surface area contributed by atoms with Crippen LogP contribution in [-0.4, -0.2) is 9.97 Å². The Kier molecular flexibility index (Phi) is 3.71. The summed E-state index contributed by atoms with van der Waals surface area (Å²) in [6.45, 7) is 0. The molecule has 5 aromatic rings. The number of aromatic nitrogens is 2. The number of benzene rings is 3. The first-order valence-electron chi connectivity index (χ1n) is 11.1. The van der Waals surface area contributed by atoms with Gasteiger partial charge in [-0.25, -0.2) is 0 Å². The Balaban J connectivity index is 1.21. The van der Waals surface area contributed by atoms with Crippen LogP contribution in [0.25, 0.3) is 45.1 Å². The van der Waals surface area contributed by atoms with E-state index in [4.69, 9.17) is 9.97 Å². The van der Waals surface area contributed by atoms with Gasteiger partial charge in [0.25, 0.3) is 0 Å². The van der Waals surface area contributed by atoms with Gasteiger partial charge in [-0.05, 0) is 57.7 Å². The molecular weight excluding hydrogens is 388 g/mol. The highest BCUT2D eigenvalue weighted by Gasteiger charge is 2.19. The summed E-state index contributed by atoms with van der Waals surface area (Å²) in [5, 5.41) is 2.48. The zero-order chi connectivity index (χ0) is 21.1. The molecule has 2 aromatic heterocycles. The molecule has 2 aliphatic rings. The lowest BCUT2D eigenvalue weighted by molar-refractivity contribution is 1.21. The van der Waals surface area contributed by atoms with E-state index in [9.17, 15) is 0 Å². The minimum absolute atomic E-state index is 0.908. The lowest BCUT2D eigenvalue weighted by atomic mass is 10.0. The fraction of sp³-hybridized carbons (Fsp3) is 0.0667. The molecule has 150 valence electrons. The van der Waals surface area contributed by atoms with E-state index >= 15 is 0 Å². The molecule has 4 bridgehead atoms. The monoisotopic (exact) mass is 408 g/mol. The number of para-hydroxylation sites is 2. The number of fused-ring (bicyclic) bond motifs is 8. The standard InChI is InChI=1S/C30H20N2/c1-3-7-29-25(5-1)27-17-23(31-29)15-21(27)13-19-9-11-20(12-10-19)14-22-16-24-18-28(22)26-6-2-4-8-30(26)32-24/h1-14,17-18H,15-16H2/b21-13+,22-14?. The van der Waals surface area contributed by atoms with E-state index < -0.39 is 0 Å². The van der Waals surface area contributed by atoms with Gasteiger partial charge in [-0.1, -0.05) is 72.8 Å². The van der Waals surface area contributed by atoms with E-state index in [-0.39, 0.29) is 0 Å². The van der Waals surface area contributed by atoms with Crippen molar-refractivity contribution in [2.75, 3.05) is 0 Å². The van der Waals surface area contributed by atoms with Crippen molar-refractivity contribution in [1.82, 2.24) is 9.97 Å². The van der Waals surface area contributed by atoms with Crippen LogP contribution in [0.4, 0.5) is 0 Å². The summed E-state index contributed by atoms with van der Waals surface area (Å²) in [5.74, 6) is 0. The molecule has 0 aliphatic heterocycles. The number of pyridine rings is 2. The second kappa shape index (κ2) is 6.73. The predicted octanol–water partition coefficient (Wildman–Crippen LogP) is 6.98. The number of nitrogens with zero attached hydrogens (tertiary/aromatic N) is 2. The Morgan fingerprint density at radius 3 is 1.44 bits per heavy atom. The van der Waals surface area contributed by atoms with Crippen LogP contribution >= 0.6 is 0 Å². The molecule has 0 spiro atoms. The molecule has 0 N–H and O–H groups in total. The van der Waals surface area contributed by atoms with Gasteiger partial charge in [0.15, 0.2) is 0 Å². The van der Waals surface area contributed by atoms with Crippen molar-refractivity contribution in [2.24, 2.45) is 0 Å². The maximum Gasteiger partial charge on any atom is 0.0711 e. The third kappa shape index (κ3) is 2.80. The van der Waals surface area contributed by atoms with E-state index in [1.807, 2.05) is 0 Å². The topological polar surface area (TPSA) is 25.8 Å². The van der Waals surface area contributed by atoms with Gasteiger partial charge in [0.05, 0.1) is 11.0 Å². The lowest BCUT2D eigenvalue weighted by Gasteiger charge is -2.04. The Morgan fingerprint density at radius 2 is 0.969 bits per heavy atom. The summed E-state index contributed by atoms with van der Waals surface area (Å²) in [5.41, 5.74) is 12.3. The first-order chi connectivity index (χ1) is 15.8. The highest BCUT2D eigenvalue weighted by atomic mass is 14.7. The molecule has 2 heterocycles. The zero-order valence-electron chi connectivity index (χ0n) is 17.5. The fourth-order valence-corrected chi connectivity index (χ4v) is 5.10. The number of hydrogen-bond acceptors (Lipinski definition) is 2. The summed E-state index contributed by atoms with van der Waals surface area (Å²) in [6.07, 6.45) is 6.43. The van der Waals surface area contributed by atoms with Crippen molar-refractivity contribution >= 4 is 45.1 Å². The van der Waals surface area contributed by atoms with Crippen LogP contribution in [0.2, 0.25) is 0 Å². The summed E-state index contributed by atoms with van der Waals surface area (Å²) < 4.78 is 0.